The Balaban J connectivity index is 1.12. The fourth-order valence-corrected chi connectivity index (χ4v) is 5.67. The minimum absolute atomic E-state index is 0.167. The van der Waals surface area contributed by atoms with Crippen LogP contribution in [0.2, 0.25) is 0 Å². The van der Waals surface area contributed by atoms with E-state index >= 15 is 0 Å². The summed E-state index contributed by atoms with van der Waals surface area (Å²) in [6.45, 7) is 4.16. The number of aliphatic hydroxyl groups is 1. The molecule has 2 aliphatic carbocycles. The van der Waals surface area contributed by atoms with Crippen molar-refractivity contribution in [3.63, 3.8) is 0 Å². The molecule has 0 amide bonds. The molecular formula is C30H40N2O. The molecule has 1 aromatic carbocycles. The predicted molar refractivity (Wildman–Crippen MR) is 137 cm³/mol. The van der Waals surface area contributed by atoms with Crippen LogP contribution in [0, 0.1) is 24.7 Å². The Morgan fingerprint density at radius 3 is 2.79 bits per heavy atom. The van der Waals surface area contributed by atoms with Crippen LogP contribution in [0.3, 0.4) is 0 Å². The van der Waals surface area contributed by atoms with Gasteiger partial charge in [-0.1, -0.05) is 60.1 Å². The van der Waals surface area contributed by atoms with Crippen molar-refractivity contribution in [2.45, 2.75) is 70.9 Å². The van der Waals surface area contributed by atoms with E-state index < -0.39 is 0 Å². The number of aliphatic hydroxyl groups excluding tert-OH is 1. The van der Waals surface area contributed by atoms with Crippen LogP contribution in [-0.4, -0.2) is 22.7 Å². The first-order valence-electron chi connectivity index (χ1n) is 12.9. The van der Waals surface area contributed by atoms with Gasteiger partial charge in [0, 0.05) is 24.9 Å². The molecule has 0 aliphatic heterocycles. The van der Waals surface area contributed by atoms with Gasteiger partial charge in [-0.2, -0.15) is 0 Å². The molecule has 33 heavy (non-hydrogen) atoms. The monoisotopic (exact) mass is 444 g/mol. The van der Waals surface area contributed by atoms with Crippen molar-refractivity contribution in [2.75, 3.05) is 6.54 Å². The number of aromatic nitrogens is 1. The van der Waals surface area contributed by atoms with Crippen LogP contribution in [0.15, 0.2) is 72.6 Å². The Hall–Kier alpha value is -2.23. The zero-order valence-corrected chi connectivity index (χ0v) is 20.1. The lowest BCUT2D eigenvalue weighted by Crippen LogP contribution is -2.17. The highest BCUT2D eigenvalue weighted by molar-refractivity contribution is 5.23. The molecule has 4 atom stereocenters. The largest absolute Gasteiger partial charge is 0.392 e. The predicted octanol–water partition coefficient (Wildman–Crippen LogP) is 6.17. The topological polar surface area (TPSA) is 45.2 Å². The minimum Gasteiger partial charge on any atom is -0.392 e. The molecule has 2 N–H and O–H groups in total. The average molecular weight is 445 g/mol. The van der Waals surface area contributed by atoms with E-state index in [0.29, 0.717) is 17.8 Å². The van der Waals surface area contributed by atoms with Crippen LogP contribution in [0.1, 0.15) is 61.6 Å². The summed E-state index contributed by atoms with van der Waals surface area (Å²) < 4.78 is 0. The van der Waals surface area contributed by atoms with Gasteiger partial charge in [-0.3, -0.25) is 4.98 Å². The average Bonchev–Trinajstić information content (AvgIpc) is 3.33. The second kappa shape index (κ2) is 12.3. The number of nitrogens with zero attached hydrogens (tertiary/aromatic N) is 1. The first-order chi connectivity index (χ1) is 16.2. The number of hydrogen-bond acceptors (Lipinski definition) is 3. The highest BCUT2D eigenvalue weighted by Gasteiger charge is 2.42. The molecule has 1 fully saturated rings. The summed E-state index contributed by atoms with van der Waals surface area (Å²) in [5.74, 6) is 1.54. The van der Waals surface area contributed by atoms with Gasteiger partial charge in [-0.25, -0.2) is 0 Å². The van der Waals surface area contributed by atoms with E-state index in [1.54, 1.807) is 5.57 Å². The fourth-order valence-electron chi connectivity index (χ4n) is 5.67. The molecule has 0 spiro atoms. The molecule has 0 unspecified atom stereocenters. The smallest absolute Gasteiger partial charge is 0.0611 e. The molecule has 0 radical (unpaired) electrons. The van der Waals surface area contributed by atoms with Gasteiger partial charge in [-0.05, 0) is 93.5 Å². The first-order valence-corrected chi connectivity index (χ1v) is 12.9. The summed E-state index contributed by atoms with van der Waals surface area (Å²) in [4.78, 5) is 4.06. The highest BCUT2D eigenvalue weighted by atomic mass is 16.3. The summed E-state index contributed by atoms with van der Waals surface area (Å²) in [7, 11) is 0. The highest BCUT2D eigenvalue weighted by Crippen LogP contribution is 2.48. The van der Waals surface area contributed by atoms with Crippen molar-refractivity contribution in [1.82, 2.24) is 10.3 Å². The lowest BCUT2D eigenvalue weighted by Gasteiger charge is -2.18. The molecule has 1 heterocycles. The minimum atomic E-state index is -0.167. The molecule has 2 aromatic rings. The number of nitrogens with one attached hydrogen (secondary N) is 1. The van der Waals surface area contributed by atoms with Gasteiger partial charge in [0.1, 0.15) is 0 Å². The van der Waals surface area contributed by atoms with Crippen molar-refractivity contribution < 1.29 is 5.11 Å². The number of pyridine rings is 1. The van der Waals surface area contributed by atoms with E-state index in [4.69, 9.17) is 0 Å². The summed E-state index contributed by atoms with van der Waals surface area (Å²) in [6.07, 6.45) is 20.0. The first kappa shape index (κ1) is 23.9. The van der Waals surface area contributed by atoms with Crippen LogP contribution in [0.5, 0.6) is 0 Å². The second-order valence-corrected chi connectivity index (χ2v) is 10.0. The molecular weight excluding hydrogens is 404 g/mol. The van der Waals surface area contributed by atoms with Gasteiger partial charge in [0.25, 0.3) is 0 Å². The number of aryl methyl sites for hydroxylation is 2. The summed E-state index contributed by atoms with van der Waals surface area (Å²) in [5.41, 5.74) is 5.67. The molecule has 3 nitrogen and oxygen atoms in total. The third kappa shape index (κ3) is 7.12. The number of allylic oxidation sites excluding steroid dienone is 3. The van der Waals surface area contributed by atoms with E-state index in [-0.39, 0.29) is 6.10 Å². The normalized spacial score (nSPS) is 24.4. The lowest BCUT2D eigenvalue weighted by molar-refractivity contribution is 0.141. The van der Waals surface area contributed by atoms with Gasteiger partial charge >= 0.3 is 0 Å². The Bertz CT molecular complexity index is 920. The third-order valence-electron chi connectivity index (χ3n) is 7.42. The number of benzene rings is 1. The summed E-state index contributed by atoms with van der Waals surface area (Å²) >= 11 is 0. The van der Waals surface area contributed by atoms with Crippen LogP contribution in [0.25, 0.3) is 0 Å². The maximum Gasteiger partial charge on any atom is 0.0611 e. The van der Waals surface area contributed by atoms with E-state index in [0.717, 1.165) is 32.4 Å². The van der Waals surface area contributed by atoms with Crippen molar-refractivity contribution in [3.8, 4) is 0 Å². The maximum absolute atomic E-state index is 10.6. The lowest BCUT2D eigenvalue weighted by atomic mass is 9.88. The molecule has 1 saturated carbocycles. The van der Waals surface area contributed by atoms with Gasteiger partial charge in [0.2, 0.25) is 0 Å². The van der Waals surface area contributed by atoms with Crippen molar-refractivity contribution in [3.05, 3.63) is 89.3 Å². The van der Waals surface area contributed by atoms with E-state index in [2.05, 4.69) is 71.9 Å². The molecule has 1 aromatic heterocycles. The van der Waals surface area contributed by atoms with Gasteiger partial charge in [0.05, 0.1) is 6.10 Å². The van der Waals surface area contributed by atoms with Crippen LogP contribution >= 0.6 is 0 Å². The maximum atomic E-state index is 10.6. The van der Waals surface area contributed by atoms with Crippen molar-refractivity contribution in [1.29, 1.82) is 0 Å². The summed E-state index contributed by atoms with van der Waals surface area (Å²) in [5, 5.41) is 14.2. The Labute approximate surface area is 200 Å². The fraction of sp³-hybridized carbons (Fsp3) is 0.500. The SMILES string of the molecule is Cc1cccc(CCC=C[C@@H]2[C@H]3CC(CCCCCNCc4ccncc4)=C[C@H]3C[C@H]2O)c1. The Morgan fingerprint density at radius 2 is 1.94 bits per heavy atom. The molecule has 4 rings (SSSR count). The molecule has 2 aliphatic rings. The number of fused-ring (bicyclic) bond motifs is 1. The molecule has 0 bridgehead atoms. The molecule has 176 valence electrons. The Morgan fingerprint density at radius 1 is 1.06 bits per heavy atom. The quantitative estimate of drug-likeness (QED) is 0.304. The second-order valence-electron chi connectivity index (χ2n) is 10.0. The van der Waals surface area contributed by atoms with E-state index in [1.165, 1.54) is 48.8 Å². The van der Waals surface area contributed by atoms with E-state index in [1.807, 2.05) is 12.4 Å². The van der Waals surface area contributed by atoms with Gasteiger partial charge in [0.15, 0.2) is 0 Å². The Kier molecular flexibility index (Phi) is 8.91. The zero-order valence-electron chi connectivity index (χ0n) is 20.1. The standard InChI is InChI=1S/C30H40N2O/c1-23-8-7-11-24(18-23)9-4-5-12-28-29-20-26(19-27(29)21-30(28)33)10-3-2-6-15-32-22-25-13-16-31-17-14-25/h5,7-8,11-14,16-19,27-30,32-33H,2-4,6,9-10,15,20-22H2,1H3/t27-,28+,29-,30+/m0/s1. The third-order valence-corrected chi connectivity index (χ3v) is 7.42. The zero-order chi connectivity index (χ0) is 22.9. The van der Waals surface area contributed by atoms with Crippen LogP contribution in [0.4, 0.5) is 0 Å². The van der Waals surface area contributed by atoms with Crippen LogP contribution < -0.4 is 5.32 Å². The van der Waals surface area contributed by atoms with Crippen LogP contribution in [-0.2, 0) is 13.0 Å². The summed E-state index contributed by atoms with van der Waals surface area (Å²) in [6, 6.07) is 12.9. The number of rotatable bonds is 12. The van der Waals surface area contributed by atoms with E-state index in [9.17, 15) is 5.11 Å². The number of unbranched alkanes of at least 4 members (excludes halogenated alkanes) is 2. The number of hydrogen-bond donors (Lipinski definition) is 2. The molecule has 0 saturated heterocycles. The van der Waals surface area contributed by atoms with Crippen molar-refractivity contribution in [2.24, 2.45) is 17.8 Å². The van der Waals surface area contributed by atoms with Gasteiger partial charge < -0.3 is 10.4 Å². The van der Waals surface area contributed by atoms with Crippen molar-refractivity contribution >= 4 is 0 Å². The van der Waals surface area contributed by atoms with Gasteiger partial charge in [-0.15, -0.1) is 0 Å². The molecule has 3 heteroatoms.